The maximum Gasteiger partial charge on any atom is 0.407 e. The number of anilines is 1. The first-order valence-electron chi connectivity index (χ1n) is 7.22. The van der Waals surface area contributed by atoms with Gasteiger partial charge in [-0.2, -0.15) is 8.78 Å². The van der Waals surface area contributed by atoms with Gasteiger partial charge in [-0.15, -0.1) is 23.1 Å². The van der Waals surface area contributed by atoms with E-state index in [-0.39, 0.29) is 16.5 Å². The van der Waals surface area contributed by atoms with Crippen LogP contribution in [0.4, 0.5) is 13.9 Å². The highest BCUT2D eigenvalue weighted by molar-refractivity contribution is 8.00. The Balaban J connectivity index is 1.77. The third-order valence-corrected chi connectivity index (χ3v) is 5.41. The molecule has 14 heteroatoms. The number of nitrogens with two attached hydrogens (primary N) is 1. The van der Waals surface area contributed by atoms with Crippen LogP contribution in [-0.2, 0) is 19.2 Å². The molecule has 10 nitrogen and oxygen atoms in total. The molecule has 0 bridgehead atoms. The summed E-state index contributed by atoms with van der Waals surface area (Å²) in [4.78, 5) is 44.5. The van der Waals surface area contributed by atoms with Crippen LogP contribution in [0.5, 0.6) is 0 Å². The van der Waals surface area contributed by atoms with Crippen LogP contribution >= 0.6 is 23.1 Å². The minimum Gasteiger partial charge on any atom is -0.477 e. The number of hydrogen-bond donors (Lipinski definition) is 3. The van der Waals surface area contributed by atoms with Crippen LogP contribution in [0.25, 0.3) is 0 Å². The van der Waals surface area contributed by atoms with E-state index in [2.05, 4.69) is 20.3 Å². The number of nitrogen functional groups attached to an aromatic ring is 1. The third-order valence-electron chi connectivity index (χ3n) is 3.56. The molecule has 2 amide bonds. The zero-order valence-corrected chi connectivity index (χ0v) is 14.8. The molecule has 144 valence electrons. The van der Waals surface area contributed by atoms with Crippen LogP contribution in [0.3, 0.4) is 0 Å². The lowest BCUT2D eigenvalue weighted by atomic mass is 10.0. The average Bonchev–Trinajstić information content (AvgIpc) is 3.04. The number of halogens is 2. The summed E-state index contributed by atoms with van der Waals surface area (Å²) in [7, 11) is 0. The molecule has 3 rings (SSSR count). The Morgan fingerprint density at radius 3 is 2.85 bits per heavy atom. The van der Waals surface area contributed by atoms with Gasteiger partial charge in [0.2, 0.25) is 0 Å². The molecule has 4 N–H and O–H groups in total. The predicted molar refractivity (Wildman–Crippen MR) is 90.9 cm³/mol. The van der Waals surface area contributed by atoms with Crippen LogP contribution in [0.1, 0.15) is 5.69 Å². The highest BCUT2D eigenvalue weighted by Gasteiger charge is 2.53. The van der Waals surface area contributed by atoms with Crippen molar-refractivity contribution < 1.29 is 33.1 Å². The van der Waals surface area contributed by atoms with E-state index in [4.69, 9.17) is 10.8 Å². The van der Waals surface area contributed by atoms with Gasteiger partial charge in [-0.25, -0.2) is 9.78 Å². The van der Waals surface area contributed by atoms with Crippen LogP contribution in [-0.4, -0.2) is 62.3 Å². The number of hydrogen-bond acceptors (Lipinski definition) is 9. The van der Waals surface area contributed by atoms with Crippen molar-refractivity contribution in [3.63, 3.8) is 0 Å². The fourth-order valence-electron chi connectivity index (χ4n) is 2.44. The summed E-state index contributed by atoms with van der Waals surface area (Å²) in [5.74, 6) is -2.54. The molecule has 1 saturated heterocycles. The number of oxime groups is 1. The van der Waals surface area contributed by atoms with Gasteiger partial charge in [0.15, 0.2) is 10.8 Å². The van der Waals surface area contributed by atoms with Crippen molar-refractivity contribution in [3.8, 4) is 0 Å². The molecule has 1 fully saturated rings. The average molecular weight is 419 g/mol. The molecule has 2 atom stereocenters. The third kappa shape index (κ3) is 3.71. The fraction of sp³-hybridized carbons (Fsp3) is 0.308. The number of carbonyl (C=O) groups excluding carboxylic acids is 2. The molecule has 0 aromatic carbocycles. The van der Waals surface area contributed by atoms with Crippen molar-refractivity contribution in [1.82, 2.24) is 15.2 Å². The molecule has 2 aliphatic rings. The lowest BCUT2D eigenvalue weighted by Crippen LogP contribution is -2.70. The topological polar surface area (TPSA) is 147 Å². The summed E-state index contributed by atoms with van der Waals surface area (Å²) < 4.78 is 24.6. The Bertz CT molecular complexity index is 858. The van der Waals surface area contributed by atoms with Gasteiger partial charge in [0.05, 0.1) is 0 Å². The Hall–Kier alpha value is -2.74. The number of aromatic nitrogens is 1. The minimum atomic E-state index is -3.26. The van der Waals surface area contributed by atoms with E-state index >= 15 is 0 Å². The molecule has 3 heterocycles. The number of alkyl halides is 2. The number of rotatable bonds is 6. The maximum absolute atomic E-state index is 12.5. The monoisotopic (exact) mass is 419 g/mol. The van der Waals surface area contributed by atoms with Crippen molar-refractivity contribution >= 4 is 51.7 Å². The first-order valence-corrected chi connectivity index (χ1v) is 9.14. The molecule has 0 radical (unpaired) electrons. The zero-order valence-electron chi connectivity index (χ0n) is 13.2. The van der Waals surface area contributed by atoms with Crippen LogP contribution in [0.15, 0.2) is 22.3 Å². The van der Waals surface area contributed by atoms with Crippen molar-refractivity contribution in [1.29, 1.82) is 0 Å². The predicted octanol–water partition coefficient (Wildman–Crippen LogP) is 0.0370. The first-order chi connectivity index (χ1) is 12.8. The van der Waals surface area contributed by atoms with Crippen LogP contribution in [0, 0.1) is 0 Å². The molecule has 27 heavy (non-hydrogen) atoms. The minimum absolute atomic E-state index is 0.0764. The Labute approximate surface area is 158 Å². The molecule has 1 unspecified atom stereocenters. The smallest absolute Gasteiger partial charge is 0.407 e. The van der Waals surface area contributed by atoms with E-state index in [1.165, 1.54) is 23.2 Å². The van der Waals surface area contributed by atoms with Gasteiger partial charge in [0, 0.05) is 11.1 Å². The number of thioether (sulfide) groups is 1. The number of nitrogens with one attached hydrogen (secondary N) is 1. The quantitative estimate of drug-likeness (QED) is 0.333. The first kappa shape index (κ1) is 19.0. The number of β-lactam (4-membered cyclic amide) rings is 1. The van der Waals surface area contributed by atoms with E-state index < -0.39 is 41.5 Å². The van der Waals surface area contributed by atoms with Crippen LogP contribution < -0.4 is 11.1 Å². The highest BCUT2D eigenvalue weighted by atomic mass is 32.2. The van der Waals surface area contributed by atoms with Gasteiger partial charge in [0.25, 0.3) is 11.8 Å². The van der Waals surface area contributed by atoms with Crippen molar-refractivity contribution in [2.24, 2.45) is 5.16 Å². The fourth-order valence-corrected chi connectivity index (χ4v) is 4.18. The van der Waals surface area contributed by atoms with Gasteiger partial charge in [0.1, 0.15) is 22.8 Å². The standard InChI is InChI=1S/C13H11F2N5O5S2/c14-12(15)25-19-6(4-3-27-13(16)17-4)8(21)18-7-9(22)20-5(11(23)24)1-2-26-10(7)20/h1,3,7,10,12H,2H2,(H2,16,17)(H,18,21)(H,23,24)/b19-6+/t7?,10-/m1/s1. The summed E-state index contributed by atoms with van der Waals surface area (Å²) >= 11 is 2.20. The molecular weight excluding hydrogens is 408 g/mol. The highest BCUT2D eigenvalue weighted by Crippen LogP contribution is 2.37. The van der Waals surface area contributed by atoms with Gasteiger partial charge in [-0.3, -0.25) is 14.5 Å². The van der Waals surface area contributed by atoms with Crippen molar-refractivity contribution in [2.45, 2.75) is 18.0 Å². The van der Waals surface area contributed by atoms with Gasteiger partial charge >= 0.3 is 12.6 Å². The molecule has 1 aromatic rings. The van der Waals surface area contributed by atoms with Crippen LogP contribution in [0.2, 0.25) is 0 Å². The van der Waals surface area contributed by atoms with Gasteiger partial charge in [-0.1, -0.05) is 5.16 Å². The van der Waals surface area contributed by atoms with Gasteiger partial charge < -0.3 is 21.0 Å². The Kier molecular flexibility index (Phi) is 5.27. The molecule has 2 aliphatic heterocycles. The number of thiazole rings is 1. The molecule has 0 aliphatic carbocycles. The second-order valence-electron chi connectivity index (χ2n) is 5.15. The Morgan fingerprint density at radius 1 is 1.52 bits per heavy atom. The van der Waals surface area contributed by atoms with Gasteiger partial charge in [-0.05, 0) is 6.08 Å². The second kappa shape index (κ2) is 7.48. The molecule has 1 aromatic heterocycles. The lowest BCUT2D eigenvalue weighted by Gasteiger charge is -2.48. The maximum atomic E-state index is 12.5. The summed E-state index contributed by atoms with van der Waals surface area (Å²) in [6.07, 6.45) is 1.39. The number of carboxylic acids is 1. The molecule has 0 spiro atoms. The lowest BCUT2D eigenvalue weighted by molar-refractivity contribution is -0.150. The number of aliphatic carboxylic acids is 1. The summed E-state index contributed by atoms with van der Waals surface area (Å²) in [6.45, 7) is -3.26. The Morgan fingerprint density at radius 2 is 2.26 bits per heavy atom. The number of fused-ring (bicyclic) bond motifs is 1. The van der Waals surface area contributed by atoms with E-state index in [1.54, 1.807) is 0 Å². The summed E-state index contributed by atoms with van der Waals surface area (Å²) in [6, 6.07) is -1.04. The summed E-state index contributed by atoms with van der Waals surface area (Å²) in [5.41, 5.74) is 4.63. The number of amides is 2. The second-order valence-corrected chi connectivity index (χ2v) is 7.19. The van der Waals surface area contributed by atoms with E-state index in [0.717, 1.165) is 16.2 Å². The molecule has 0 saturated carbocycles. The van der Waals surface area contributed by atoms with E-state index in [9.17, 15) is 23.2 Å². The zero-order chi connectivity index (χ0) is 19.7. The normalized spacial score (nSPS) is 22.0. The number of carbonyl (C=O) groups is 3. The number of nitrogens with zero attached hydrogens (tertiary/aromatic N) is 3. The largest absolute Gasteiger partial charge is 0.477 e. The SMILES string of the molecule is Nc1nc(/C(=N\OC(F)F)C(=O)NC2C(=O)N3C(C(=O)O)=CCS[C@H]23)cs1. The summed E-state index contributed by atoms with van der Waals surface area (Å²) in [5, 5.41) is 15.3. The van der Waals surface area contributed by atoms with E-state index in [1.807, 2.05) is 0 Å². The van der Waals surface area contributed by atoms with Crippen molar-refractivity contribution in [2.75, 3.05) is 11.5 Å². The van der Waals surface area contributed by atoms with Crippen molar-refractivity contribution in [3.05, 3.63) is 22.8 Å². The van der Waals surface area contributed by atoms with E-state index in [0.29, 0.717) is 5.75 Å². The number of carboxylic acid groups (broad SMARTS) is 1. The molecular formula is C13H11F2N5O5S2.